The van der Waals surface area contributed by atoms with Gasteiger partial charge in [0.05, 0.1) is 11.4 Å². The summed E-state index contributed by atoms with van der Waals surface area (Å²) in [7, 11) is 0. The quantitative estimate of drug-likeness (QED) is 0.836. The fraction of sp³-hybridized carbons (Fsp3) is 0.133. The topological polar surface area (TPSA) is 73.6 Å². The van der Waals surface area contributed by atoms with E-state index in [0.29, 0.717) is 29.5 Å². The number of halogens is 1. The summed E-state index contributed by atoms with van der Waals surface area (Å²) in [5.74, 6) is 0.881. The Morgan fingerprint density at radius 3 is 3.00 bits per heavy atom. The zero-order valence-corrected chi connectivity index (χ0v) is 12.6. The highest BCUT2D eigenvalue weighted by molar-refractivity contribution is 9.10. The van der Waals surface area contributed by atoms with Crippen molar-refractivity contribution in [3.8, 4) is 11.5 Å². The molecule has 21 heavy (non-hydrogen) atoms. The Labute approximate surface area is 130 Å². The maximum Gasteiger partial charge on any atom is 0.262 e. The zero-order valence-electron chi connectivity index (χ0n) is 11.1. The van der Waals surface area contributed by atoms with Crippen LogP contribution in [0.1, 0.15) is 5.56 Å². The largest absolute Gasteiger partial charge is 0.487 e. The van der Waals surface area contributed by atoms with Crippen molar-refractivity contribution in [3.05, 3.63) is 46.4 Å². The van der Waals surface area contributed by atoms with Crippen LogP contribution in [0.3, 0.4) is 0 Å². The Hall–Kier alpha value is -2.21. The summed E-state index contributed by atoms with van der Waals surface area (Å²) in [4.78, 5) is 11.3. The predicted octanol–water partition coefficient (Wildman–Crippen LogP) is 2.94. The first-order chi connectivity index (χ1) is 10.1. The lowest BCUT2D eigenvalue weighted by Crippen LogP contribution is -2.25. The number of carbonyl (C=O) groups is 1. The average Bonchev–Trinajstić information content (AvgIpc) is 2.45. The number of hydrogen-bond donors (Lipinski definition) is 2. The Balaban J connectivity index is 1.79. The zero-order chi connectivity index (χ0) is 14.8. The van der Waals surface area contributed by atoms with Gasteiger partial charge >= 0.3 is 0 Å². The molecule has 3 rings (SSSR count). The van der Waals surface area contributed by atoms with Gasteiger partial charge in [0, 0.05) is 16.6 Å². The molecule has 108 valence electrons. The summed E-state index contributed by atoms with van der Waals surface area (Å²) < 4.78 is 12.0. The van der Waals surface area contributed by atoms with Gasteiger partial charge < -0.3 is 20.5 Å². The monoisotopic (exact) mass is 348 g/mol. The first-order valence-corrected chi connectivity index (χ1v) is 7.14. The second-order valence-electron chi connectivity index (χ2n) is 4.64. The van der Waals surface area contributed by atoms with Gasteiger partial charge in [0.1, 0.15) is 18.1 Å². The average molecular weight is 349 g/mol. The molecule has 0 saturated heterocycles. The molecule has 0 radical (unpaired) electrons. The fourth-order valence-corrected chi connectivity index (χ4v) is 2.48. The Morgan fingerprint density at radius 1 is 1.33 bits per heavy atom. The summed E-state index contributed by atoms with van der Waals surface area (Å²) in [6.07, 6.45) is 0. The molecule has 1 aliphatic heterocycles. The van der Waals surface area contributed by atoms with Crippen molar-refractivity contribution >= 4 is 33.2 Å². The number of fused-ring (bicyclic) bond motifs is 1. The van der Waals surface area contributed by atoms with Crippen LogP contribution >= 0.6 is 15.9 Å². The predicted molar refractivity (Wildman–Crippen MR) is 83.5 cm³/mol. The van der Waals surface area contributed by atoms with Gasteiger partial charge in [-0.05, 0) is 17.7 Å². The number of nitrogens with one attached hydrogen (secondary N) is 1. The number of amides is 1. The number of nitrogens with two attached hydrogens (primary N) is 1. The van der Waals surface area contributed by atoms with E-state index >= 15 is 0 Å². The number of rotatable bonds is 3. The highest BCUT2D eigenvalue weighted by Gasteiger charge is 2.18. The van der Waals surface area contributed by atoms with Crippen molar-refractivity contribution < 1.29 is 14.3 Å². The van der Waals surface area contributed by atoms with E-state index in [9.17, 15) is 4.79 Å². The van der Waals surface area contributed by atoms with Crippen LogP contribution in [0.15, 0.2) is 40.9 Å². The summed E-state index contributed by atoms with van der Waals surface area (Å²) in [5, 5.41) is 2.73. The van der Waals surface area contributed by atoms with Gasteiger partial charge in [0.25, 0.3) is 5.91 Å². The lowest BCUT2D eigenvalue weighted by atomic mass is 10.2. The minimum atomic E-state index is -0.190. The highest BCUT2D eigenvalue weighted by Crippen LogP contribution is 2.36. The van der Waals surface area contributed by atoms with E-state index in [-0.39, 0.29) is 12.5 Å². The molecule has 6 heteroatoms. The van der Waals surface area contributed by atoms with Crippen molar-refractivity contribution in [1.29, 1.82) is 0 Å². The highest BCUT2D eigenvalue weighted by atomic mass is 79.9. The molecular formula is C15H13BrN2O3. The van der Waals surface area contributed by atoms with Gasteiger partial charge in [0.2, 0.25) is 0 Å². The molecular weight excluding hydrogens is 336 g/mol. The van der Waals surface area contributed by atoms with E-state index in [1.807, 2.05) is 24.3 Å². The number of nitrogen functional groups attached to an aromatic ring is 1. The number of anilines is 2. The molecule has 1 aliphatic rings. The lowest BCUT2D eigenvalue weighted by molar-refractivity contribution is -0.118. The first kappa shape index (κ1) is 13.8. The van der Waals surface area contributed by atoms with Gasteiger partial charge in [0.15, 0.2) is 6.61 Å². The van der Waals surface area contributed by atoms with Crippen molar-refractivity contribution in [2.45, 2.75) is 6.61 Å². The van der Waals surface area contributed by atoms with Gasteiger partial charge in [-0.1, -0.05) is 28.1 Å². The van der Waals surface area contributed by atoms with Gasteiger partial charge in [-0.2, -0.15) is 0 Å². The molecule has 1 amide bonds. The third-order valence-electron chi connectivity index (χ3n) is 3.03. The molecule has 2 aromatic carbocycles. The van der Waals surface area contributed by atoms with Gasteiger partial charge in [-0.25, -0.2) is 0 Å². The number of benzene rings is 2. The second kappa shape index (κ2) is 5.65. The molecule has 5 nitrogen and oxygen atoms in total. The summed E-state index contributed by atoms with van der Waals surface area (Å²) in [6.45, 7) is 0.391. The van der Waals surface area contributed by atoms with Crippen LogP contribution in [0.25, 0.3) is 0 Å². The molecule has 0 bridgehead atoms. The summed E-state index contributed by atoms with van der Waals surface area (Å²) in [6, 6.07) is 11.2. The van der Waals surface area contributed by atoms with E-state index in [1.54, 1.807) is 12.1 Å². The Bertz CT molecular complexity index is 703. The van der Waals surface area contributed by atoms with E-state index in [0.717, 1.165) is 10.0 Å². The van der Waals surface area contributed by atoms with E-state index in [2.05, 4.69) is 21.2 Å². The van der Waals surface area contributed by atoms with Crippen LogP contribution in [-0.2, 0) is 11.4 Å². The Kier molecular flexibility index (Phi) is 3.70. The minimum Gasteiger partial charge on any atom is -0.487 e. The van der Waals surface area contributed by atoms with Crippen molar-refractivity contribution in [1.82, 2.24) is 0 Å². The van der Waals surface area contributed by atoms with E-state index in [4.69, 9.17) is 15.2 Å². The normalized spacial score (nSPS) is 13.1. The van der Waals surface area contributed by atoms with Crippen LogP contribution in [0.2, 0.25) is 0 Å². The molecule has 0 fully saturated rings. The molecule has 0 spiro atoms. The minimum absolute atomic E-state index is 0.00465. The van der Waals surface area contributed by atoms with E-state index in [1.165, 1.54) is 0 Å². The van der Waals surface area contributed by atoms with Crippen molar-refractivity contribution in [3.63, 3.8) is 0 Å². The molecule has 0 aliphatic carbocycles. The van der Waals surface area contributed by atoms with Crippen molar-refractivity contribution in [2.75, 3.05) is 17.7 Å². The SMILES string of the molecule is Nc1cc2c(cc1OCc1cccc(Br)c1)NC(=O)CO2. The number of hydrogen-bond acceptors (Lipinski definition) is 4. The molecule has 0 saturated carbocycles. The fourth-order valence-electron chi connectivity index (χ4n) is 2.04. The van der Waals surface area contributed by atoms with Crippen LogP contribution in [0.4, 0.5) is 11.4 Å². The molecule has 1 heterocycles. The standard InChI is InChI=1S/C15H13BrN2O3/c16-10-3-1-2-9(4-10)7-20-13-6-12-14(5-11(13)17)21-8-15(19)18-12/h1-6H,7-8,17H2,(H,18,19). The van der Waals surface area contributed by atoms with Crippen LogP contribution in [0.5, 0.6) is 11.5 Å². The van der Waals surface area contributed by atoms with Gasteiger partial charge in [-0.3, -0.25) is 4.79 Å². The van der Waals surface area contributed by atoms with E-state index < -0.39 is 0 Å². The summed E-state index contributed by atoms with van der Waals surface area (Å²) >= 11 is 3.41. The maximum atomic E-state index is 11.3. The van der Waals surface area contributed by atoms with Gasteiger partial charge in [-0.15, -0.1) is 0 Å². The molecule has 0 atom stereocenters. The van der Waals surface area contributed by atoms with Crippen LogP contribution in [0, 0.1) is 0 Å². The van der Waals surface area contributed by atoms with Crippen LogP contribution < -0.4 is 20.5 Å². The second-order valence-corrected chi connectivity index (χ2v) is 5.56. The Morgan fingerprint density at radius 2 is 2.19 bits per heavy atom. The molecule has 2 aromatic rings. The molecule has 0 unspecified atom stereocenters. The number of carbonyl (C=O) groups excluding carboxylic acids is 1. The smallest absolute Gasteiger partial charge is 0.262 e. The number of ether oxygens (including phenoxy) is 2. The third-order valence-corrected chi connectivity index (χ3v) is 3.52. The first-order valence-electron chi connectivity index (χ1n) is 6.35. The molecule has 0 aromatic heterocycles. The lowest BCUT2D eigenvalue weighted by Gasteiger charge is -2.20. The maximum absolute atomic E-state index is 11.3. The summed E-state index contributed by atoms with van der Waals surface area (Å²) in [5.41, 5.74) is 8.01. The van der Waals surface area contributed by atoms with Crippen molar-refractivity contribution in [2.24, 2.45) is 0 Å². The third kappa shape index (κ3) is 3.11. The molecule has 3 N–H and O–H groups in total. The van der Waals surface area contributed by atoms with Crippen LogP contribution in [-0.4, -0.2) is 12.5 Å².